The Hall–Kier alpha value is -1.56. The van der Waals surface area contributed by atoms with Crippen molar-refractivity contribution >= 4 is 5.96 Å². The highest BCUT2D eigenvalue weighted by molar-refractivity contribution is 5.79. The summed E-state index contributed by atoms with van der Waals surface area (Å²) in [5, 5.41) is 11.1. The number of guanidine groups is 1. The standard InChI is InChI=1S/C20H37N5O/c1-6-18-17(19(7-2)26-24-18)13-23-20(21-5)22-12-16-10-8-9-11-25(16)14-15(3)4/h15-16H,6-14H2,1-5H3,(H2,21,22,23). The van der Waals surface area contributed by atoms with Crippen LogP contribution >= 0.6 is 0 Å². The monoisotopic (exact) mass is 363 g/mol. The SMILES string of the molecule is CCc1noc(CC)c1CNC(=NC)NCC1CCCCN1CC(C)C. The first-order valence-corrected chi connectivity index (χ1v) is 10.2. The molecule has 0 bridgehead atoms. The number of nitrogens with zero attached hydrogens (tertiary/aromatic N) is 3. The number of likely N-dealkylation sites (tertiary alicyclic amines) is 1. The average molecular weight is 364 g/mol. The molecule has 1 saturated heterocycles. The molecule has 2 heterocycles. The zero-order valence-electron chi connectivity index (χ0n) is 17.3. The molecule has 1 unspecified atom stereocenters. The van der Waals surface area contributed by atoms with Gasteiger partial charge in [-0.15, -0.1) is 0 Å². The molecule has 0 amide bonds. The fraction of sp³-hybridized carbons (Fsp3) is 0.800. The van der Waals surface area contributed by atoms with E-state index in [1.807, 2.05) is 7.05 Å². The smallest absolute Gasteiger partial charge is 0.191 e. The molecule has 1 aromatic rings. The number of hydrogen-bond donors (Lipinski definition) is 2. The molecule has 2 rings (SSSR count). The molecular weight excluding hydrogens is 326 g/mol. The summed E-state index contributed by atoms with van der Waals surface area (Å²) in [6, 6.07) is 0.595. The van der Waals surface area contributed by atoms with Gasteiger partial charge in [-0.3, -0.25) is 9.89 Å². The van der Waals surface area contributed by atoms with Crippen molar-refractivity contribution in [3.05, 3.63) is 17.0 Å². The van der Waals surface area contributed by atoms with Gasteiger partial charge in [-0.2, -0.15) is 0 Å². The molecule has 6 heteroatoms. The lowest BCUT2D eigenvalue weighted by atomic mass is 10.0. The minimum Gasteiger partial charge on any atom is -0.361 e. The summed E-state index contributed by atoms with van der Waals surface area (Å²) >= 11 is 0. The van der Waals surface area contributed by atoms with Crippen molar-refractivity contribution < 1.29 is 4.52 Å². The van der Waals surface area contributed by atoms with Gasteiger partial charge in [0.25, 0.3) is 0 Å². The topological polar surface area (TPSA) is 65.7 Å². The summed E-state index contributed by atoms with van der Waals surface area (Å²) in [5.41, 5.74) is 2.22. The molecule has 1 aliphatic rings. The lowest BCUT2D eigenvalue weighted by Crippen LogP contribution is -2.49. The largest absolute Gasteiger partial charge is 0.361 e. The van der Waals surface area contributed by atoms with E-state index in [-0.39, 0.29) is 0 Å². The number of rotatable bonds is 8. The van der Waals surface area contributed by atoms with Gasteiger partial charge in [-0.25, -0.2) is 0 Å². The first-order chi connectivity index (χ1) is 12.6. The van der Waals surface area contributed by atoms with Crippen LogP contribution in [0.1, 0.15) is 64.0 Å². The summed E-state index contributed by atoms with van der Waals surface area (Å²) in [5.74, 6) is 2.53. The van der Waals surface area contributed by atoms with Gasteiger partial charge in [0.15, 0.2) is 5.96 Å². The van der Waals surface area contributed by atoms with Crippen molar-refractivity contribution in [3.8, 4) is 0 Å². The third kappa shape index (κ3) is 5.73. The van der Waals surface area contributed by atoms with E-state index in [0.29, 0.717) is 18.5 Å². The number of nitrogens with one attached hydrogen (secondary N) is 2. The summed E-state index contributed by atoms with van der Waals surface area (Å²) in [7, 11) is 1.83. The number of aromatic nitrogens is 1. The van der Waals surface area contributed by atoms with Crippen molar-refractivity contribution in [2.24, 2.45) is 10.9 Å². The fourth-order valence-corrected chi connectivity index (χ4v) is 3.75. The van der Waals surface area contributed by atoms with E-state index in [2.05, 4.69) is 53.4 Å². The van der Waals surface area contributed by atoms with Crippen molar-refractivity contribution in [2.75, 3.05) is 26.7 Å². The van der Waals surface area contributed by atoms with Crippen LogP contribution in [0.2, 0.25) is 0 Å². The molecule has 1 fully saturated rings. The van der Waals surface area contributed by atoms with Crippen LogP contribution in [0, 0.1) is 5.92 Å². The van der Waals surface area contributed by atoms with Gasteiger partial charge < -0.3 is 15.2 Å². The predicted molar refractivity (Wildman–Crippen MR) is 108 cm³/mol. The zero-order valence-corrected chi connectivity index (χ0v) is 17.3. The van der Waals surface area contributed by atoms with E-state index >= 15 is 0 Å². The third-order valence-electron chi connectivity index (χ3n) is 5.12. The van der Waals surface area contributed by atoms with Gasteiger partial charge in [0.05, 0.1) is 5.69 Å². The highest BCUT2D eigenvalue weighted by atomic mass is 16.5. The summed E-state index contributed by atoms with van der Waals surface area (Å²) in [6.45, 7) is 12.9. The van der Waals surface area contributed by atoms with Gasteiger partial charge in [0.2, 0.25) is 0 Å². The molecule has 1 atom stereocenters. The van der Waals surface area contributed by atoms with Crippen LogP contribution in [0.3, 0.4) is 0 Å². The highest BCUT2D eigenvalue weighted by Gasteiger charge is 2.23. The Morgan fingerprint density at radius 2 is 2.08 bits per heavy atom. The molecule has 0 spiro atoms. The van der Waals surface area contributed by atoms with Crippen molar-refractivity contribution in [1.82, 2.24) is 20.7 Å². The normalized spacial score (nSPS) is 19.2. The molecule has 2 N–H and O–H groups in total. The molecule has 26 heavy (non-hydrogen) atoms. The Bertz CT molecular complexity index is 545. The number of hydrogen-bond acceptors (Lipinski definition) is 4. The highest BCUT2D eigenvalue weighted by Crippen LogP contribution is 2.18. The van der Waals surface area contributed by atoms with E-state index in [4.69, 9.17) is 4.52 Å². The van der Waals surface area contributed by atoms with E-state index in [9.17, 15) is 0 Å². The van der Waals surface area contributed by atoms with Gasteiger partial charge >= 0.3 is 0 Å². The van der Waals surface area contributed by atoms with Crippen LogP contribution in [0.5, 0.6) is 0 Å². The Kier molecular flexibility index (Phi) is 8.42. The third-order valence-corrected chi connectivity index (χ3v) is 5.12. The fourth-order valence-electron chi connectivity index (χ4n) is 3.75. The quantitative estimate of drug-likeness (QED) is 0.549. The lowest BCUT2D eigenvalue weighted by Gasteiger charge is -2.37. The second kappa shape index (κ2) is 10.6. The van der Waals surface area contributed by atoms with E-state index < -0.39 is 0 Å². The molecule has 0 aromatic carbocycles. The molecule has 0 saturated carbocycles. The second-order valence-electron chi connectivity index (χ2n) is 7.58. The zero-order chi connectivity index (χ0) is 18.9. The summed E-state index contributed by atoms with van der Waals surface area (Å²) in [4.78, 5) is 7.03. The number of piperidine rings is 1. The first-order valence-electron chi connectivity index (χ1n) is 10.2. The summed E-state index contributed by atoms with van der Waals surface area (Å²) < 4.78 is 5.45. The van der Waals surface area contributed by atoms with Crippen LogP contribution < -0.4 is 10.6 Å². The van der Waals surface area contributed by atoms with Gasteiger partial charge in [-0.1, -0.05) is 39.3 Å². The van der Waals surface area contributed by atoms with Crippen LogP contribution in [0.4, 0.5) is 0 Å². The van der Waals surface area contributed by atoms with Crippen LogP contribution in [0.25, 0.3) is 0 Å². The van der Waals surface area contributed by atoms with Gasteiger partial charge in [0, 0.05) is 44.7 Å². The predicted octanol–water partition coefficient (Wildman–Crippen LogP) is 2.97. The average Bonchev–Trinajstić information content (AvgIpc) is 3.04. The van der Waals surface area contributed by atoms with E-state index in [0.717, 1.165) is 36.8 Å². The number of aryl methyl sites for hydroxylation is 2. The van der Waals surface area contributed by atoms with Crippen LogP contribution in [-0.2, 0) is 19.4 Å². The van der Waals surface area contributed by atoms with Crippen LogP contribution in [0.15, 0.2) is 9.52 Å². The Labute approximate surface area is 158 Å². The molecule has 1 aromatic heterocycles. The maximum Gasteiger partial charge on any atom is 0.191 e. The van der Waals surface area contributed by atoms with E-state index in [1.165, 1.54) is 37.9 Å². The first kappa shape index (κ1) is 20.7. The summed E-state index contributed by atoms with van der Waals surface area (Å²) in [6.07, 6.45) is 5.67. The molecule has 6 nitrogen and oxygen atoms in total. The molecule has 0 aliphatic carbocycles. The lowest BCUT2D eigenvalue weighted by molar-refractivity contribution is 0.133. The van der Waals surface area contributed by atoms with E-state index in [1.54, 1.807) is 0 Å². The molecule has 148 valence electrons. The van der Waals surface area contributed by atoms with Crippen LogP contribution in [-0.4, -0.2) is 48.7 Å². The second-order valence-corrected chi connectivity index (χ2v) is 7.58. The van der Waals surface area contributed by atoms with Crippen molar-refractivity contribution in [1.29, 1.82) is 0 Å². The molecular formula is C20H37N5O. The minimum atomic E-state index is 0.595. The minimum absolute atomic E-state index is 0.595. The Balaban J connectivity index is 1.88. The van der Waals surface area contributed by atoms with Gasteiger partial charge in [0.1, 0.15) is 5.76 Å². The maximum absolute atomic E-state index is 5.45. The Morgan fingerprint density at radius 1 is 1.27 bits per heavy atom. The number of aliphatic imine (C=N–C) groups is 1. The Morgan fingerprint density at radius 3 is 2.73 bits per heavy atom. The molecule has 1 aliphatic heterocycles. The van der Waals surface area contributed by atoms with Crippen molar-refractivity contribution in [3.63, 3.8) is 0 Å². The maximum atomic E-state index is 5.45. The molecule has 0 radical (unpaired) electrons. The van der Waals surface area contributed by atoms with Gasteiger partial charge in [-0.05, 0) is 31.7 Å². The van der Waals surface area contributed by atoms with Crippen molar-refractivity contribution in [2.45, 2.75) is 72.4 Å².